The van der Waals surface area contributed by atoms with Gasteiger partial charge in [-0.3, -0.25) is 14.8 Å². The van der Waals surface area contributed by atoms with E-state index >= 15 is 0 Å². The van der Waals surface area contributed by atoms with E-state index in [1.807, 2.05) is 30.3 Å². The quantitative estimate of drug-likeness (QED) is 0.805. The van der Waals surface area contributed by atoms with Crippen LogP contribution in [0.2, 0.25) is 0 Å². The van der Waals surface area contributed by atoms with Gasteiger partial charge in [0.1, 0.15) is 0 Å². The van der Waals surface area contributed by atoms with Crippen molar-refractivity contribution in [2.24, 2.45) is 5.10 Å². The normalized spacial score (nSPS) is 15.5. The molecule has 1 saturated heterocycles. The molecule has 0 N–H and O–H groups in total. The Labute approximate surface area is 123 Å². The lowest BCUT2D eigenvalue weighted by molar-refractivity contribution is -0.127. The van der Waals surface area contributed by atoms with Gasteiger partial charge in [0.2, 0.25) is 5.91 Å². The second-order valence-corrected chi connectivity index (χ2v) is 4.91. The number of carbonyl (C=O) groups excluding carboxylic acids is 1. The van der Waals surface area contributed by atoms with Crippen LogP contribution in [0.4, 0.5) is 0 Å². The predicted octanol–water partition coefficient (Wildman–Crippen LogP) is 2.05. The van der Waals surface area contributed by atoms with E-state index in [4.69, 9.17) is 0 Å². The van der Waals surface area contributed by atoms with Gasteiger partial charge in [0.05, 0.1) is 11.4 Å². The van der Waals surface area contributed by atoms with Crippen molar-refractivity contribution in [3.05, 3.63) is 60.2 Å². The van der Waals surface area contributed by atoms with Gasteiger partial charge >= 0.3 is 0 Å². The van der Waals surface area contributed by atoms with E-state index in [9.17, 15) is 4.79 Å². The molecule has 1 amide bonds. The number of carbonyl (C=O) groups is 1. The molecule has 0 aromatic carbocycles. The smallest absolute Gasteiger partial charge is 0.242 e. The molecular formula is C16H16N4O. The van der Waals surface area contributed by atoms with Gasteiger partial charge in [0.25, 0.3) is 0 Å². The zero-order valence-electron chi connectivity index (χ0n) is 11.6. The predicted molar refractivity (Wildman–Crippen MR) is 79.7 cm³/mol. The summed E-state index contributed by atoms with van der Waals surface area (Å²) >= 11 is 0. The minimum absolute atomic E-state index is 0.0816. The third-order valence-corrected chi connectivity index (χ3v) is 3.37. The molecule has 2 aromatic heterocycles. The van der Waals surface area contributed by atoms with E-state index in [1.165, 1.54) is 0 Å². The molecule has 0 saturated carbocycles. The number of hydrogen-bond acceptors (Lipinski definition) is 4. The standard InChI is InChI=1S/C16H16N4O/c21-16-5-3-11-20(16)19-15(14-4-1-2-8-18-14)12-13-6-9-17-10-7-13/h1-2,4,6-10H,3,5,11-12H2/b19-15+. The van der Waals surface area contributed by atoms with Crippen LogP contribution in [-0.4, -0.2) is 33.1 Å². The Balaban J connectivity index is 1.91. The van der Waals surface area contributed by atoms with Gasteiger partial charge in [0, 0.05) is 38.0 Å². The molecule has 0 atom stereocenters. The fourth-order valence-electron chi connectivity index (χ4n) is 2.29. The van der Waals surface area contributed by atoms with E-state index in [-0.39, 0.29) is 5.91 Å². The maximum Gasteiger partial charge on any atom is 0.242 e. The molecule has 2 aromatic rings. The van der Waals surface area contributed by atoms with Crippen molar-refractivity contribution in [1.29, 1.82) is 0 Å². The summed E-state index contributed by atoms with van der Waals surface area (Å²) in [5.74, 6) is 0.0816. The molecule has 3 heterocycles. The Hall–Kier alpha value is -2.56. The van der Waals surface area contributed by atoms with Crippen molar-refractivity contribution in [3.63, 3.8) is 0 Å². The van der Waals surface area contributed by atoms with Gasteiger partial charge in [-0.1, -0.05) is 6.07 Å². The molecule has 5 nitrogen and oxygen atoms in total. The maximum absolute atomic E-state index is 11.8. The largest absolute Gasteiger partial charge is 0.273 e. The minimum Gasteiger partial charge on any atom is -0.273 e. The highest BCUT2D eigenvalue weighted by atomic mass is 16.2. The number of amides is 1. The Morgan fingerprint density at radius 3 is 2.71 bits per heavy atom. The Kier molecular flexibility index (Phi) is 4.00. The van der Waals surface area contributed by atoms with Crippen molar-refractivity contribution in [3.8, 4) is 0 Å². The lowest BCUT2D eigenvalue weighted by Crippen LogP contribution is -2.22. The summed E-state index contributed by atoms with van der Waals surface area (Å²) in [6, 6.07) is 9.61. The highest BCUT2D eigenvalue weighted by molar-refractivity contribution is 6.00. The van der Waals surface area contributed by atoms with Gasteiger partial charge < -0.3 is 0 Å². The molecule has 0 aliphatic carbocycles. The van der Waals surface area contributed by atoms with Crippen LogP contribution < -0.4 is 0 Å². The Morgan fingerprint density at radius 2 is 2.05 bits per heavy atom. The van der Waals surface area contributed by atoms with Gasteiger partial charge in [-0.25, -0.2) is 5.01 Å². The minimum atomic E-state index is 0.0816. The topological polar surface area (TPSA) is 58.5 Å². The summed E-state index contributed by atoms with van der Waals surface area (Å²) in [7, 11) is 0. The molecule has 1 fully saturated rings. The number of nitrogens with zero attached hydrogens (tertiary/aromatic N) is 4. The zero-order chi connectivity index (χ0) is 14.5. The number of rotatable bonds is 4. The second-order valence-electron chi connectivity index (χ2n) is 4.91. The van der Waals surface area contributed by atoms with Crippen LogP contribution in [0.1, 0.15) is 24.1 Å². The van der Waals surface area contributed by atoms with Crippen LogP contribution >= 0.6 is 0 Å². The monoisotopic (exact) mass is 280 g/mol. The van der Waals surface area contributed by atoms with E-state index in [1.54, 1.807) is 23.6 Å². The van der Waals surface area contributed by atoms with Crippen LogP contribution in [0.3, 0.4) is 0 Å². The fraction of sp³-hybridized carbons (Fsp3) is 0.250. The van der Waals surface area contributed by atoms with Crippen LogP contribution in [0.5, 0.6) is 0 Å². The first-order valence-corrected chi connectivity index (χ1v) is 7.01. The molecule has 106 valence electrons. The summed E-state index contributed by atoms with van der Waals surface area (Å²) in [5.41, 5.74) is 2.70. The summed E-state index contributed by atoms with van der Waals surface area (Å²) in [6.45, 7) is 0.686. The lowest BCUT2D eigenvalue weighted by Gasteiger charge is -2.12. The van der Waals surface area contributed by atoms with Crippen molar-refractivity contribution >= 4 is 11.6 Å². The van der Waals surface area contributed by atoms with Crippen LogP contribution in [0.25, 0.3) is 0 Å². The van der Waals surface area contributed by atoms with E-state index in [0.29, 0.717) is 19.4 Å². The van der Waals surface area contributed by atoms with E-state index in [2.05, 4.69) is 15.1 Å². The average molecular weight is 280 g/mol. The third kappa shape index (κ3) is 3.31. The number of hydrogen-bond donors (Lipinski definition) is 0. The second kappa shape index (κ2) is 6.26. The summed E-state index contributed by atoms with van der Waals surface area (Å²) in [6.07, 6.45) is 7.33. The maximum atomic E-state index is 11.8. The summed E-state index contributed by atoms with van der Waals surface area (Å²) in [5, 5.41) is 6.10. The van der Waals surface area contributed by atoms with Gasteiger partial charge in [0.15, 0.2) is 0 Å². The van der Waals surface area contributed by atoms with Gasteiger partial charge in [-0.2, -0.15) is 5.10 Å². The zero-order valence-corrected chi connectivity index (χ0v) is 11.6. The molecule has 5 heteroatoms. The molecule has 0 bridgehead atoms. The molecule has 0 radical (unpaired) electrons. The highest BCUT2D eigenvalue weighted by Crippen LogP contribution is 2.13. The number of hydrazone groups is 1. The van der Waals surface area contributed by atoms with Crippen molar-refractivity contribution in [2.75, 3.05) is 6.54 Å². The van der Waals surface area contributed by atoms with Crippen LogP contribution in [0.15, 0.2) is 54.0 Å². The SMILES string of the molecule is O=C1CCCN1/N=C(\Cc1ccncc1)c1ccccn1. The Morgan fingerprint density at radius 1 is 1.19 bits per heavy atom. The molecule has 3 rings (SSSR count). The Bertz CT molecular complexity index is 640. The highest BCUT2D eigenvalue weighted by Gasteiger charge is 2.21. The third-order valence-electron chi connectivity index (χ3n) is 3.37. The molecule has 1 aliphatic heterocycles. The van der Waals surface area contributed by atoms with Crippen LogP contribution in [-0.2, 0) is 11.2 Å². The van der Waals surface area contributed by atoms with Crippen molar-refractivity contribution in [1.82, 2.24) is 15.0 Å². The first-order valence-electron chi connectivity index (χ1n) is 7.01. The lowest BCUT2D eigenvalue weighted by atomic mass is 10.1. The fourth-order valence-corrected chi connectivity index (χ4v) is 2.29. The first-order chi connectivity index (χ1) is 10.3. The summed E-state index contributed by atoms with van der Waals surface area (Å²) < 4.78 is 0. The molecule has 0 spiro atoms. The van der Waals surface area contributed by atoms with Crippen molar-refractivity contribution < 1.29 is 4.79 Å². The molecule has 21 heavy (non-hydrogen) atoms. The van der Waals surface area contributed by atoms with Crippen LogP contribution in [0, 0.1) is 0 Å². The van der Waals surface area contributed by atoms with E-state index in [0.717, 1.165) is 23.4 Å². The molecule has 0 unspecified atom stereocenters. The van der Waals surface area contributed by atoms with Crippen molar-refractivity contribution in [2.45, 2.75) is 19.3 Å². The molecule has 1 aliphatic rings. The number of pyridine rings is 2. The summed E-state index contributed by atoms with van der Waals surface area (Å²) in [4.78, 5) is 20.2. The van der Waals surface area contributed by atoms with E-state index < -0.39 is 0 Å². The first kappa shape index (κ1) is 13.4. The van der Waals surface area contributed by atoms with Gasteiger partial charge in [-0.15, -0.1) is 0 Å². The van der Waals surface area contributed by atoms with Gasteiger partial charge in [-0.05, 0) is 36.2 Å². The average Bonchev–Trinajstić information content (AvgIpc) is 2.94. The number of aromatic nitrogens is 2. The molecular weight excluding hydrogens is 264 g/mol.